The van der Waals surface area contributed by atoms with E-state index in [2.05, 4.69) is 58.9 Å². The number of fused-ring (bicyclic) bond motifs is 3. The van der Waals surface area contributed by atoms with Crippen LogP contribution in [0.25, 0.3) is 10.8 Å². The van der Waals surface area contributed by atoms with Crippen LogP contribution >= 0.6 is 0 Å². The van der Waals surface area contributed by atoms with Crippen LogP contribution in [0.15, 0.2) is 78.1 Å². The van der Waals surface area contributed by atoms with Gasteiger partial charge in [-0.05, 0) is 182 Å². The molecule has 0 radical (unpaired) electrons. The molecule has 0 bridgehead atoms. The van der Waals surface area contributed by atoms with Crippen LogP contribution in [0, 0.1) is 64.1 Å². The zero-order valence-electron chi connectivity index (χ0n) is 39.4. The summed E-state index contributed by atoms with van der Waals surface area (Å²) in [6.45, 7) is 1.64. The molecule has 11 rings (SSSR count). The molecule has 0 amide bonds. The van der Waals surface area contributed by atoms with Crippen molar-refractivity contribution in [1.82, 2.24) is 10.6 Å². The summed E-state index contributed by atoms with van der Waals surface area (Å²) >= 11 is 0. The largest absolute Gasteiger partial charge is 0.504 e. The normalized spacial score (nSPS) is 35.1. The molecule has 2 spiro atoms. The van der Waals surface area contributed by atoms with Crippen molar-refractivity contribution >= 4 is 22.3 Å². The van der Waals surface area contributed by atoms with Crippen LogP contribution in [-0.2, 0) is 16.0 Å². The third-order valence-electron chi connectivity index (χ3n) is 19.3. The van der Waals surface area contributed by atoms with Crippen LogP contribution in [0.4, 0.5) is 0 Å². The molecule has 354 valence electrons. The van der Waals surface area contributed by atoms with E-state index >= 15 is 0 Å². The van der Waals surface area contributed by atoms with Crippen LogP contribution < -0.4 is 21.1 Å². The van der Waals surface area contributed by atoms with Crippen molar-refractivity contribution < 1.29 is 29.6 Å². The molecule has 6 fully saturated rings. The summed E-state index contributed by atoms with van der Waals surface area (Å²) in [6.07, 6.45) is 16.9. The molecule has 1 saturated heterocycles. The number of Topliss-reactive ketones (excluding diaryl/α,β-unsaturated/α-hetero) is 2. The number of nitrogens with one attached hydrogen (secondary N) is 2. The zero-order chi connectivity index (χ0) is 46.0. The van der Waals surface area contributed by atoms with Crippen LogP contribution in [0.5, 0.6) is 11.5 Å². The standard InChI is InChI=1S/C58H71N3O6/c1-67-51-27-38-13-15-52(65)58(22-17-40(28-53(58)66)47-26-42-11-10-41-25-44(63)31-49-56(41)55(42)48(33-61-49)57(47)19-4-5-20-57)21-16-35(46(38)32-50(51)64)12-14-43(62)30-45(39-18-23-60-54(59)29-39)37-9-8-34-6-2-3-7-36(34)24-37/h2-3,6-9,18,24,27,29,32,35,40-43,45,47-49,53,55-56,60-62,64,66H,4-5,10-15,17,19-20,22-23,25-26,28,30-31,33,59H2,1H3/t35-,40+,41-,42+,43+,45+,47-,48-,49+,53-,55+,56-,58-/m1/s1. The topological polar surface area (TPSA) is 154 Å². The van der Waals surface area contributed by atoms with E-state index < -0.39 is 17.6 Å². The van der Waals surface area contributed by atoms with Crippen molar-refractivity contribution in [3.05, 3.63) is 94.8 Å². The summed E-state index contributed by atoms with van der Waals surface area (Å²) < 4.78 is 5.58. The Labute approximate surface area is 396 Å². The number of ketones is 2. The molecule has 9 nitrogen and oxygen atoms in total. The Kier molecular flexibility index (Phi) is 12.1. The first-order valence-corrected chi connectivity index (χ1v) is 26.0. The number of ether oxygens (including phenoxy) is 1. The zero-order valence-corrected chi connectivity index (χ0v) is 39.4. The average molecular weight is 906 g/mol. The highest BCUT2D eigenvalue weighted by Crippen LogP contribution is 2.68. The number of hydrogen-bond acceptors (Lipinski definition) is 9. The van der Waals surface area contributed by atoms with Gasteiger partial charge in [-0.15, -0.1) is 0 Å². The number of aliphatic hydroxyl groups is 2. The Morgan fingerprint density at radius 2 is 1.73 bits per heavy atom. The number of phenols is 1. The number of dihydropyridines is 1. The molecule has 6 aliphatic carbocycles. The van der Waals surface area contributed by atoms with E-state index in [4.69, 9.17) is 10.5 Å². The third kappa shape index (κ3) is 8.01. The molecule has 7 N–H and O–H groups in total. The number of piperidine rings is 1. The van der Waals surface area contributed by atoms with Gasteiger partial charge in [0.1, 0.15) is 11.2 Å². The quantitative estimate of drug-likeness (QED) is 0.116. The first-order chi connectivity index (χ1) is 32.5. The molecule has 2 heterocycles. The molecular weight excluding hydrogens is 835 g/mol. The lowest BCUT2D eigenvalue weighted by Crippen LogP contribution is -2.66. The number of aliphatic hydroxyl groups excluding tert-OH is 2. The monoisotopic (exact) mass is 906 g/mol. The summed E-state index contributed by atoms with van der Waals surface area (Å²) in [6, 6.07) is 18.8. The van der Waals surface area contributed by atoms with Gasteiger partial charge >= 0.3 is 0 Å². The second kappa shape index (κ2) is 18.0. The van der Waals surface area contributed by atoms with Crippen molar-refractivity contribution in [2.24, 2.45) is 58.0 Å². The second-order valence-corrected chi connectivity index (χ2v) is 22.4. The van der Waals surface area contributed by atoms with Crippen LogP contribution in [0.3, 0.4) is 0 Å². The first kappa shape index (κ1) is 44.9. The SMILES string of the molecule is COc1cc2c(cc1O)[C@H](CC[C@H](O)C[C@H](C1=CCNC(N)=C1)c1ccc3ccccc3c1)C#C[C@@]1(CC[C@H]([C@H]3C[C@@H]4CC[C@@H]5CC(=O)C[C@@H]6NC[C@H]([C@H]4[C@H]56)C34CCCC4)C[C@H]1O)C(=O)CC2. The molecule has 0 aromatic heterocycles. The Bertz CT molecular complexity index is 2520. The van der Waals surface area contributed by atoms with Crippen molar-refractivity contribution in [1.29, 1.82) is 0 Å². The molecule has 0 unspecified atom stereocenters. The van der Waals surface area contributed by atoms with Crippen LogP contribution in [-0.4, -0.2) is 65.3 Å². The summed E-state index contributed by atoms with van der Waals surface area (Å²) in [7, 11) is 1.54. The maximum Gasteiger partial charge on any atom is 0.160 e. The molecule has 9 heteroatoms. The number of aryl methyl sites for hydroxylation is 1. The fraction of sp³-hybridized carbons (Fsp3) is 0.586. The molecule has 67 heavy (non-hydrogen) atoms. The lowest BCUT2D eigenvalue weighted by atomic mass is 9.41. The minimum absolute atomic E-state index is 0.0115. The van der Waals surface area contributed by atoms with E-state index in [9.17, 15) is 24.9 Å². The van der Waals surface area contributed by atoms with Crippen molar-refractivity contribution in [3.63, 3.8) is 0 Å². The number of nitrogens with two attached hydrogens (primary N) is 1. The molecule has 3 aromatic rings. The number of phenolic OH excluding ortho intramolecular Hbond substituents is 1. The first-order valence-electron chi connectivity index (χ1n) is 26.0. The maximum atomic E-state index is 14.8. The smallest absolute Gasteiger partial charge is 0.160 e. The Morgan fingerprint density at radius 1 is 0.910 bits per heavy atom. The van der Waals surface area contributed by atoms with Crippen molar-refractivity contribution in [2.75, 3.05) is 20.2 Å². The fourth-order valence-corrected chi connectivity index (χ4v) is 16.3. The number of hydrogen-bond donors (Lipinski definition) is 6. The lowest BCUT2D eigenvalue weighted by molar-refractivity contribution is -0.165. The second-order valence-electron chi connectivity index (χ2n) is 22.4. The summed E-state index contributed by atoms with van der Waals surface area (Å²) in [5.74, 6) is 12.1. The fourth-order valence-electron chi connectivity index (χ4n) is 16.3. The summed E-state index contributed by atoms with van der Waals surface area (Å²) in [4.78, 5) is 27.6. The van der Waals surface area contributed by atoms with Gasteiger partial charge in [0.2, 0.25) is 0 Å². The number of benzene rings is 3. The lowest BCUT2D eigenvalue weighted by Gasteiger charge is -2.65. The van der Waals surface area contributed by atoms with Gasteiger partial charge in [-0.3, -0.25) is 9.59 Å². The Hall–Kier alpha value is -4.62. The van der Waals surface area contributed by atoms with Gasteiger partial charge in [0.15, 0.2) is 17.3 Å². The molecule has 13 atom stereocenters. The van der Waals surface area contributed by atoms with E-state index in [1.54, 1.807) is 13.2 Å². The molecule has 5 saturated carbocycles. The van der Waals surface area contributed by atoms with Gasteiger partial charge in [0, 0.05) is 43.7 Å². The van der Waals surface area contributed by atoms with Gasteiger partial charge in [0.05, 0.1) is 25.1 Å². The van der Waals surface area contributed by atoms with E-state index in [1.807, 2.05) is 24.3 Å². The predicted molar refractivity (Wildman–Crippen MR) is 261 cm³/mol. The predicted octanol–water partition coefficient (Wildman–Crippen LogP) is 8.74. The van der Waals surface area contributed by atoms with Gasteiger partial charge in [-0.2, -0.15) is 0 Å². The number of aromatic hydroxyl groups is 1. The van der Waals surface area contributed by atoms with Crippen molar-refractivity contribution in [3.8, 4) is 23.3 Å². The van der Waals surface area contributed by atoms with E-state index in [0.29, 0.717) is 116 Å². The Balaban J connectivity index is 0.862. The number of allylic oxidation sites excluding steroid dienone is 2. The molecule has 3 aromatic carbocycles. The van der Waals surface area contributed by atoms with Crippen LogP contribution in [0.2, 0.25) is 0 Å². The number of rotatable bonds is 9. The van der Waals surface area contributed by atoms with Crippen LogP contribution in [0.1, 0.15) is 131 Å². The average Bonchev–Trinajstić information content (AvgIpc) is 3.83. The molecular formula is C58H71N3O6. The van der Waals surface area contributed by atoms with E-state index in [-0.39, 0.29) is 35.2 Å². The van der Waals surface area contributed by atoms with Gasteiger partial charge < -0.3 is 36.4 Å². The number of carbonyl (C=O) groups is 2. The number of carbonyl (C=O) groups excluding carboxylic acids is 2. The molecule has 8 aliphatic rings. The van der Waals surface area contributed by atoms with Gasteiger partial charge in [0.25, 0.3) is 0 Å². The highest BCUT2D eigenvalue weighted by atomic mass is 16.5. The van der Waals surface area contributed by atoms with Gasteiger partial charge in [-0.25, -0.2) is 0 Å². The minimum Gasteiger partial charge on any atom is -0.504 e. The Morgan fingerprint density at radius 3 is 2.54 bits per heavy atom. The van der Waals surface area contributed by atoms with E-state index in [0.717, 1.165) is 47.0 Å². The number of methoxy groups -OCH3 is 1. The maximum absolute atomic E-state index is 14.8. The highest BCUT2D eigenvalue weighted by Gasteiger charge is 2.64. The third-order valence-corrected chi connectivity index (χ3v) is 19.3. The van der Waals surface area contributed by atoms with E-state index in [1.165, 1.54) is 50.3 Å². The highest BCUT2D eigenvalue weighted by molar-refractivity contribution is 5.89. The van der Waals surface area contributed by atoms with Gasteiger partial charge in [-0.1, -0.05) is 73.2 Å². The molecule has 2 aliphatic heterocycles. The van der Waals surface area contributed by atoms with Crippen molar-refractivity contribution in [2.45, 2.75) is 139 Å². The minimum atomic E-state index is -1.16. The summed E-state index contributed by atoms with van der Waals surface area (Å²) in [5.41, 5.74) is 9.34. The summed E-state index contributed by atoms with van der Waals surface area (Å²) in [5, 5.41) is 45.3.